The van der Waals surface area contributed by atoms with E-state index in [0.717, 1.165) is 25.3 Å². The van der Waals surface area contributed by atoms with Crippen LogP contribution in [-0.4, -0.2) is 44.2 Å². The van der Waals surface area contributed by atoms with Crippen LogP contribution >= 0.6 is 0 Å². The normalized spacial score (nSPS) is 17.6. The van der Waals surface area contributed by atoms with Crippen molar-refractivity contribution >= 4 is 0 Å². The van der Waals surface area contributed by atoms with Crippen LogP contribution in [0.2, 0.25) is 0 Å². The second kappa shape index (κ2) is 7.51. The molecule has 0 saturated carbocycles. The van der Waals surface area contributed by atoms with Crippen LogP contribution in [0.3, 0.4) is 0 Å². The number of likely N-dealkylation sites (N-methyl/N-ethyl adjacent to an activating group) is 1. The Morgan fingerprint density at radius 2 is 1.89 bits per heavy atom. The van der Waals surface area contributed by atoms with E-state index in [1.165, 1.54) is 31.5 Å². The van der Waals surface area contributed by atoms with Crippen molar-refractivity contribution in [3.8, 4) is 5.75 Å². The molecule has 0 bridgehead atoms. The van der Waals surface area contributed by atoms with Gasteiger partial charge in [0.1, 0.15) is 12.4 Å². The zero-order valence-electron chi connectivity index (χ0n) is 12.2. The average Bonchev–Trinajstić information content (AvgIpc) is 2.94. The minimum absolute atomic E-state index is 0.516. The molecule has 0 aromatic heterocycles. The molecule has 1 fully saturated rings. The number of hydrogen-bond donors (Lipinski definition) is 1. The minimum atomic E-state index is 0.516. The lowest BCUT2D eigenvalue weighted by Crippen LogP contribution is -2.25. The summed E-state index contributed by atoms with van der Waals surface area (Å²) < 4.78 is 5.80. The third kappa shape index (κ3) is 4.84. The molecule has 106 valence electrons. The van der Waals surface area contributed by atoms with E-state index in [2.05, 4.69) is 41.4 Å². The van der Waals surface area contributed by atoms with Crippen LogP contribution in [0.1, 0.15) is 25.3 Å². The van der Waals surface area contributed by atoms with Gasteiger partial charge in [-0.3, -0.25) is 4.90 Å². The molecule has 3 heteroatoms. The Kier molecular flexibility index (Phi) is 5.67. The number of likely N-dealkylation sites (tertiary alicyclic amines) is 1. The second-order valence-electron chi connectivity index (χ2n) is 5.44. The molecule has 2 rings (SSSR count). The van der Waals surface area contributed by atoms with Gasteiger partial charge < -0.3 is 10.1 Å². The summed E-state index contributed by atoms with van der Waals surface area (Å²) in [6.07, 6.45) is 3.75. The summed E-state index contributed by atoms with van der Waals surface area (Å²) in [5.41, 5.74) is 1.36. The summed E-state index contributed by atoms with van der Waals surface area (Å²) in [5, 5.41) is 3.26. The first kappa shape index (κ1) is 14.4. The Morgan fingerprint density at radius 1 is 1.21 bits per heavy atom. The molecule has 1 heterocycles. The predicted octanol–water partition coefficient (Wildman–Crippen LogP) is 2.31. The van der Waals surface area contributed by atoms with E-state index in [-0.39, 0.29) is 0 Å². The highest BCUT2D eigenvalue weighted by Gasteiger charge is 2.10. The first-order chi connectivity index (χ1) is 9.28. The number of rotatable bonds is 7. The lowest BCUT2D eigenvalue weighted by molar-refractivity contribution is 0.238. The quantitative estimate of drug-likeness (QED) is 0.816. The summed E-state index contributed by atoms with van der Waals surface area (Å²) in [6.45, 7) is 6.53. The molecule has 0 spiro atoms. The van der Waals surface area contributed by atoms with E-state index >= 15 is 0 Å². The monoisotopic (exact) mass is 262 g/mol. The highest BCUT2D eigenvalue weighted by molar-refractivity contribution is 5.27. The zero-order chi connectivity index (χ0) is 13.5. The maximum Gasteiger partial charge on any atom is 0.119 e. The third-order valence-corrected chi connectivity index (χ3v) is 3.83. The molecule has 19 heavy (non-hydrogen) atoms. The van der Waals surface area contributed by atoms with Crippen molar-refractivity contribution in [2.24, 2.45) is 0 Å². The molecule has 0 radical (unpaired) electrons. The number of benzene rings is 1. The second-order valence-corrected chi connectivity index (χ2v) is 5.44. The van der Waals surface area contributed by atoms with E-state index in [4.69, 9.17) is 4.74 Å². The van der Waals surface area contributed by atoms with Gasteiger partial charge in [-0.1, -0.05) is 12.1 Å². The number of nitrogens with one attached hydrogen (secondary N) is 1. The lowest BCUT2D eigenvalue weighted by atomic mass is 10.1. The smallest absolute Gasteiger partial charge is 0.119 e. The van der Waals surface area contributed by atoms with Crippen molar-refractivity contribution in [1.82, 2.24) is 10.2 Å². The Bertz CT molecular complexity index is 358. The summed E-state index contributed by atoms with van der Waals surface area (Å²) in [6, 6.07) is 9.02. The summed E-state index contributed by atoms with van der Waals surface area (Å²) in [7, 11) is 2.00. The van der Waals surface area contributed by atoms with Crippen molar-refractivity contribution in [2.75, 3.05) is 33.3 Å². The number of nitrogens with zero attached hydrogens (tertiary/aromatic N) is 1. The fourth-order valence-electron chi connectivity index (χ4n) is 2.48. The van der Waals surface area contributed by atoms with Crippen molar-refractivity contribution in [1.29, 1.82) is 0 Å². The highest BCUT2D eigenvalue weighted by Crippen LogP contribution is 2.14. The molecule has 1 aromatic carbocycles. The topological polar surface area (TPSA) is 24.5 Å². The Labute approximate surface area is 116 Å². The molecule has 3 nitrogen and oxygen atoms in total. The number of hydrogen-bond acceptors (Lipinski definition) is 3. The van der Waals surface area contributed by atoms with Crippen LogP contribution in [0.5, 0.6) is 5.75 Å². The average molecular weight is 262 g/mol. The van der Waals surface area contributed by atoms with Gasteiger partial charge in [0, 0.05) is 12.6 Å². The molecule has 0 aliphatic carbocycles. The molecular formula is C16H26N2O. The fraction of sp³-hybridized carbons (Fsp3) is 0.625. The Hall–Kier alpha value is -1.06. The molecular weight excluding hydrogens is 236 g/mol. The molecule has 1 N–H and O–H groups in total. The van der Waals surface area contributed by atoms with E-state index in [1.807, 2.05) is 7.05 Å². The predicted molar refractivity (Wildman–Crippen MR) is 79.8 cm³/mol. The largest absolute Gasteiger partial charge is 0.492 e. The molecule has 1 aliphatic rings. The van der Waals surface area contributed by atoms with E-state index in [1.54, 1.807) is 0 Å². The molecule has 1 unspecified atom stereocenters. The maximum atomic E-state index is 5.80. The molecule has 1 aromatic rings. The van der Waals surface area contributed by atoms with Gasteiger partial charge >= 0.3 is 0 Å². The zero-order valence-corrected chi connectivity index (χ0v) is 12.2. The van der Waals surface area contributed by atoms with Gasteiger partial charge in [0.05, 0.1) is 0 Å². The Morgan fingerprint density at radius 3 is 2.53 bits per heavy atom. The SMILES string of the molecule is CNC(C)Cc1ccc(OCCN2CCCC2)cc1. The fourth-order valence-corrected chi connectivity index (χ4v) is 2.48. The lowest BCUT2D eigenvalue weighted by Gasteiger charge is -2.15. The molecule has 1 aliphatic heterocycles. The standard InChI is InChI=1S/C16H26N2O/c1-14(17-2)13-15-5-7-16(8-6-15)19-12-11-18-9-3-4-10-18/h5-8,14,17H,3-4,9-13H2,1-2H3. The van der Waals surface area contributed by atoms with Gasteiger partial charge in [-0.15, -0.1) is 0 Å². The van der Waals surface area contributed by atoms with Crippen LogP contribution < -0.4 is 10.1 Å². The van der Waals surface area contributed by atoms with Gasteiger partial charge in [-0.05, 0) is 64.0 Å². The third-order valence-electron chi connectivity index (χ3n) is 3.83. The van der Waals surface area contributed by atoms with Crippen molar-refractivity contribution < 1.29 is 4.74 Å². The van der Waals surface area contributed by atoms with E-state index < -0.39 is 0 Å². The summed E-state index contributed by atoms with van der Waals surface area (Å²) >= 11 is 0. The molecule has 1 atom stereocenters. The van der Waals surface area contributed by atoms with Gasteiger partial charge in [-0.25, -0.2) is 0 Å². The van der Waals surface area contributed by atoms with Crippen LogP contribution in [0.25, 0.3) is 0 Å². The summed E-state index contributed by atoms with van der Waals surface area (Å²) in [4.78, 5) is 2.48. The minimum Gasteiger partial charge on any atom is -0.492 e. The van der Waals surface area contributed by atoms with Crippen LogP contribution in [0.4, 0.5) is 0 Å². The first-order valence-electron chi connectivity index (χ1n) is 7.39. The van der Waals surface area contributed by atoms with Crippen molar-refractivity contribution in [2.45, 2.75) is 32.2 Å². The molecule has 0 amide bonds. The number of ether oxygens (including phenoxy) is 1. The molecule has 1 saturated heterocycles. The van der Waals surface area contributed by atoms with Crippen LogP contribution in [0.15, 0.2) is 24.3 Å². The van der Waals surface area contributed by atoms with Crippen LogP contribution in [-0.2, 0) is 6.42 Å². The van der Waals surface area contributed by atoms with Gasteiger partial charge in [-0.2, -0.15) is 0 Å². The van der Waals surface area contributed by atoms with E-state index in [9.17, 15) is 0 Å². The van der Waals surface area contributed by atoms with Gasteiger partial charge in [0.2, 0.25) is 0 Å². The van der Waals surface area contributed by atoms with Crippen molar-refractivity contribution in [3.05, 3.63) is 29.8 Å². The Balaban J connectivity index is 1.71. The van der Waals surface area contributed by atoms with E-state index in [0.29, 0.717) is 6.04 Å². The first-order valence-corrected chi connectivity index (χ1v) is 7.39. The van der Waals surface area contributed by atoms with Crippen molar-refractivity contribution in [3.63, 3.8) is 0 Å². The van der Waals surface area contributed by atoms with Crippen LogP contribution in [0, 0.1) is 0 Å². The van der Waals surface area contributed by atoms with Gasteiger partial charge in [0.15, 0.2) is 0 Å². The highest BCUT2D eigenvalue weighted by atomic mass is 16.5. The van der Waals surface area contributed by atoms with Gasteiger partial charge in [0.25, 0.3) is 0 Å². The summed E-state index contributed by atoms with van der Waals surface area (Å²) in [5.74, 6) is 0.986. The maximum absolute atomic E-state index is 5.80.